The molecule has 0 bridgehead atoms. The van der Waals surface area contributed by atoms with E-state index in [1.807, 2.05) is 0 Å². The molecule has 0 aliphatic carbocycles. The van der Waals surface area contributed by atoms with Crippen LogP contribution in [0.4, 0.5) is 18.9 Å². The molecule has 0 saturated heterocycles. The highest BCUT2D eigenvalue weighted by molar-refractivity contribution is 7.93. The van der Waals surface area contributed by atoms with Gasteiger partial charge in [-0.2, -0.15) is 13.2 Å². The topological polar surface area (TPSA) is 95.5 Å². The van der Waals surface area contributed by atoms with Gasteiger partial charge in [-0.3, -0.25) is 9.52 Å². The van der Waals surface area contributed by atoms with E-state index in [0.717, 1.165) is 25.3 Å². The number of alkyl halides is 3. The summed E-state index contributed by atoms with van der Waals surface area (Å²) >= 11 is 9.57. The lowest BCUT2D eigenvalue weighted by Crippen LogP contribution is -2.18. The van der Waals surface area contributed by atoms with Crippen LogP contribution in [0.5, 0.6) is 0 Å². The van der Waals surface area contributed by atoms with Crippen LogP contribution in [0.2, 0.25) is 10.0 Å². The molecule has 0 aliphatic rings. The van der Waals surface area contributed by atoms with Crippen LogP contribution < -0.4 is 4.72 Å². The van der Waals surface area contributed by atoms with Crippen LogP contribution >= 0.6 is 23.2 Å². The maximum Gasteiger partial charge on any atom is 0.417 e. The third-order valence-electron chi connectivity index (χ3n) is 3.70. The minimum Gasteiger partial charge on any atom is -0.611 e. The number of sulfonamides is 1. The Morgan fingerprint density at radius 3 is 2.47 bits per heavy atom. The minimum absolute atomic E-state index is 0.00288. The fourth-order valence-corrected chi connectivity index (χ4v) is 4.97. The van der Waals surface area contributed by atoms with Gasteiger partial charge in [-0.25, -0.2) is 8.42 Å². The number of hydrogen-bond acceptors (Lipinski definition) is 5. The largest absolute Gasteiger partial charge is 0.611 e. The van der Waals surface area contributed by atoms with Gasteiger partial charge in [0, 0.05) is 5.02 Å². The number of esters is 1. The normalized spacial score (nSPS) is 13.0. The van der Waals surface area contributed by atoms with Gasteiger partial charge >= 0.3 is 12.1 Å². The first-order chi connectivity index (χ1) is 13.8. The Balaban J connectivity index is 2.39. The minimum atomic E-state index is -4.86. The van der Waals surface area contributed by atoms with Crippen molar-refractivity contribution < 1.29 is 35.7 Å². The molecular formula is C17H14Cl2F3NO5S2. The molecule has 2 rings (SSSR count). The molecule has 164 valence electrons. The first kappa shape index (κ1) is 24.6. The van der Waals surface area contributed by atoms with Gasteiger partial charge in [-0.05, 0) is 47.6 Å². The Morgan fingerprint density at radius 2 is 1.87 bits per heavy atom. The highest BCUT2D eigenvalue weighted by Gasteiger charge is 2.35. The average Bonchev–Trinajstić information content (AvgIpc) is 2.64. The first-order valence-electron chi connectivity index (χ1n) is 7.99. The second-order valence-corrected chi connectivity index (χ2v) is 9.83. The molecule has 0 aliphatic heterocycles. The van der Waals surface area contributed by atoms with Gasteiger partial charge in [0.1, 0.15) is 11.4 Å². The second-order valence-electron chi connectivity index (χ2n) is 5.76. The lowest BCUT2D eigenvalue weighted by molar-refractivity contribution is -0.140. The monoisotopic (exact) mass is 503 g/mol. The number of carbonyl (C=O) groups is 1. The van der Waals surface area contributed by atoms with Crippen molar-refractivity contribution >= 4 is 56.1 Å². The number of nitrogens with one attached hydrogen (secondary N) is 1. The molecule has 1 atom stereocenters. The Bertz CT molecular complexity index is 1050. The number of ether oxygens (including phenoxy) is 1. The van der Waals surface area contributed by atoms with Gasteiger partial charge in [-0.1, -0.05) is 23.2 Å². The molecular weight excluding hydrogens is 490 g/mol. The van der Waals surface area contributed by atoms with Gasteiger partial charge in [0.2, 0.25) is 0 Å². The zero-order chi connectivity index (χ0) is 22.7. The van der Waals surface area contributed by atoms with Gasteiger partial charge in [0.25, 0.3) is 10.0 Å². The molecule has 1 unspecified atom stereocenters. The van der Waals surface area contributed by atoms with Gasteiger partial charge in [-0.15, -0.1) is 0 Å². The lowest BCUT2D eigenvalue weighted by Gasteiger charge is -2.16. The number of halogens is 5. The summed E-state index contributed by atoms with van der Waals surface area (Å²) in [5, 5.41) is -0.567. The standard InChI is InChI=1S/C17H14Cl2F3NO5S2/c1-28-16(24)6-7-29(25)15-5-2-10(18)8-14(15)23-30(26,27)11-3-4-13(19)12(9-11)17(20,21)22/h2-5,8-9,23H,6-7H2,1H3. The van der Waals surface area contributed by atoms with Crippen molar-refractivity contribution in [2.75, 3.05) is 17.6 Å². The third-order valence-corrected chi connectivity index (χ3v) is 7.05. The molecule has 0 saturated carbocycles. The van der Waals surface area contributed by atoms with E-state index in [0.29, 0.717) is 6.07 Å². The molecule has 0 fully saturated rings. The van der Waals surface area contributed by atoms with E-state index in [4.69, 9.17) is 23.2 Å². The van der Waals surface area contributed by atoms with E-state index in [1.165, 1.54) is 12.1 Å². The van der Waals surface area contributed by atoms with E-state index in [9.17, 15) is 30.9 Å². The summed E-state index contributed by atoms with van der Waals surface area (Å²) in [6.07, 6.45) is -5.05. The summed E-state index contributed by atoms with van der Waals surface area (Å²) in [6.45, 7) is 0. The van der Waals surface area contributed by atoms with Crippen molar-refractivity contribution in [1.82, 2.24) is 0 Å². The molecule has 6 nitrogen and oxygen atoms in total. The summed E-state index contributed by atoms with van der Waals surface area (Å²) in [5.74, 6) is -0.775. The fraction of sp³-hybridized carbons (Fsp3) is 0.235. The van der Waals surface area contributed by atoms with Crippen molar-refractivity contribution in [1.29, 1.82) is 0 Å². The van der Waals surface area contributed by atoms with Gasteiger partial charge < -0.3 is 9.29 Å². The van der Waals surface area contributed by atoms with E-state index in [1.54, 1.807) is 0 Å². The number of anilines is 1. The quantitative estimate of drug-likeness (QED) is 0.443. The maximum atomic E-state index is 13.1. The zero-order valence-electron chi connectivity index (χ0n) is 15.1. The van der Waals surface area contributed by atoms with E-state index in [2.05, 4.69) is 9.46 Å². The fourth-order valence-electron chi connectivity index (χ4n) is 2.26. The van der Waals surface area contributed by atoms with Crippen LogP contribution in [0.25, 0.3) is 0 Å². The molecule has 0 amide bonds. The van der Waals surface area contributed by atoms with Crippen molar-refractivity contribution in [3.05, 3.63) is 52.0 Å². The molecule has 0 spiro atoms. The van der Waals surface area contributed by atoms with Crippen LogP contribution in [-0.2, 0) is 36.9 Å². The summed E-state index contributed by atoms with van der Waals surface area (Å²) in [7, 11) is -3.35. The Kier molecular flexibility index (Phi) is 7.91. The Labute approximate surface area is 183 Å². The van der Waals surface area contributed by atoms with Crippen LogP contribution in [0.1, 0.15) is 12.0 Å². The summed E-state index contributed by atoms with van der Waals surface area (Å²) < 4.78 is 83.5. The number of rotatable bonds is 7. The Hall–Kier alpha value is -1.66. The van der Waals surface area contributed by atoms with Crippen molar-refractivity contribution in [3.63, 3.8) is 0 Å². The van der Waals surface area contributed by atoms with Gasteiger partial charge in [0.05, 0.1) is 29.0 Å². The average molecular weight is 504 g/mol. The second kappa shape index (κ2) is 9.65. The zero-order valence-corrected chi connectivity index (χ0v) is 18.3. The molecule has 2 aromatic carbocycles. The molecule has 0 heterocycles. The SMILES string of the molecule is COC(=O)CC[S+]([O-])c1ccc(Cl)cc1NS(=O)(=O)c1ccc(Cl)c(C(F)(F)F)c1. The predicted octanol–water partition coefficient (Wildman–Crippen LogP) is 4.48. The molecule has 13 heteroatoms. The number of carbonyl (C=O) groups excluding carboxylic acids is 1. The van der Waals surface area contributed by atoms with E-state index >= 15 is 0 Å². The van der Waals surface area contributed by atoms with Gasteiger partial charge in [0.15, 0.2) is 4.90 Å². The third kappa shape index (κ3) is 6.17. The Morgan fingerprint density at radius 1 is 1.20 bits per heavy atom. The number of hydrogen-bond donors (Lipinski definition) is 1. The molecule has 0 aromatic heterocycles. The predicted molar refractivity (Wildman–Crippen MR) is 107 cm³/mol. The summed E-state index contributed by atoms with van der Waals surface area (Å²) in [5.41, 5.74) is -1.52. The molecule has 2 aromatic rings. The lowest BCUT2D eigenvalue weighted by atomic mass is 10.2. The summed E-state index contributed by atoms with van der Waals surface area (Å²) in [4.78, 5) is 10.5. The molecule has 30 heavy (non-hydrogen) atoms. The van der Waals surface area contributed by atoms with Crippen LogP contribution in [0.3, 0.4) is 0 Å². The van der Waals surface area contributed by atoms with E-state index < -0.39 is 48.8 Å². The highest BCUT2D eigenvalue weighted by atomic mass is 35.5. The number of benzene rings is 2. The van der Waals surface area contributed by atoms with Crippen molar-refractivity contribution in [2.24, 2.45) is 0 Å². The van der Waals surface area contributed by atoms with Crippen LogP contribution in [0.15, 0.2) is 46.2 Å². The maximum absolute atomic E-state index is 13.1. The first-order valence-corrected chi connectivity index (χ1v) is 11.6. The highest BCUT2D eigenvalue weighted by Crippen LogP contribution is 2.36. The molecule has 1 N–H and O–H groups in total. The van der Waals surface area contributed by atoms with E-state index in [-0.39, 0.29) is 27.8 Å². The summed E-state index contributed by atoms with van der Waals surface area (Å²) in [6, 6.07) is 5.91. The van der Waals surface area contributed by atoms with Crippen molar-refractivity contribution in [2.45, 2.75) is 22.4 Å². The van der Waals surface area contributed by atoms with Crippen LogP contribution in [0, 0.1) is 0 Å². The number of methoxy groups -OCH3 is 1. The van der Waals surface area contributed by atoms with Crippen LogP contribution in [-0.4, -0.2) is 31.8 Å². The molecule has 0 radical (unpaired) electrons. The smallest absolute Gasteiger partial charge is 0.417 e. The van der Waals surface area contributed by atoms with Crippen molar-refractivity contribution in [3.8, 4) is 0 Å².